The lowest BCUT2D eigenvalue weighted by Crippen LogP contribution is -2.49. The van der Waals surface area contributed by atoms with Crippen LogP contribution in [0.5, 0.6) is 0 Å². The molecule has 180 valence electrons. The Hall–Kier alpha value is -1.73. The molecule has 0 saturated carbocycles. The first-order valence-electron chi connectivity index (χ1n) is 10.7. The highest BCUT2D eigenvalue weighted by atomic mass is 16.4. The number of carbonyl (C=O) groups is 3. The molecule has 0 fully saturated rings. The maximum Gasteiger partial charge on any atom is 0.330 e. The van der Waals surface area contributed by atoms with E-state index in [0.717, 1.165) is 13.0 Å². The molecule has 0 heterocycles. The first-order chi connectivity index (χ1) is 13.7. The van der Waals surface area contributed by atoms with E-state index >= 15 is 0 Å². The fourth-order valence-corrected chi connectivity index (χ4v) is 1.77. The summed E-state index contributed by atoms with van der Waals surface area (Å²) >= 11 is 0. The third kappa shape index (κ3) is 28.5. The minimum atomic E-state index is -0.830. The number of nitrogens with one attached hydrogen (secondary N) is 1. The van der Waals surface area contributed by atoms with Crippen LogP contribution in [0.3, 0.4) is 0 Å². The smallest absolute Gasteiger partial charge is 0.330 e. The van der Waals surface area contributed by atoms with Crippen molar-refractivity contribution in [2.45, 2.75) is 87.6 Å². The number of ketones is 1. The molecular formula is C23H49N3O4. The van der Waals surface area contributed by atoms with Gasteiger partial charge in [0.15, 0.2) is 5.78 Å². The van der Waals surface area contributed by atoms with Gasteiger partial charge in [-0.15, -0.1) is 0 Å². The number of rotatable bonds is 7. The van der Waals surface area contributed by atoms with Crippen molar-refractivity contribution >= 4 is 17.7 Å². The Balaban J connectivity index is -0.000000179. The van der Waals surface area contributed by atoms with Crippen molar-refractivity contribution < 1.29 is 19.5 Å². The molecule has 0 aliphatic heterocycles. The zero-order valence-electron chi connectivity index (χ0n) is 21.4. The van der Waals surface area contributed by atoms with Gasteiger partial charge in [-0.3, -0.25) is 9.59 Å². The van der Waals surface area contributed by atoms with Crippen LogP contribution >= 0.6 is 0 Å². The summed E-state index contributed by atoms with van der Waals surface area (Å²) in [5, 5.41) is 11.1. The number of carbonyl (C=O) groups excluding carboxylic acids is 2. The highest BCUT2D eigenvalue weighted by molar-refractivity contribution is 5.88. The first-order valence-corrected chi connectivity index (χ1v) is 10.7. The third-order valence-electron chi connectivity index (χ3n) is 3.13. The molecule has 0 aliphatic carbocycles. The molecule has 0 bridgehead atoms. The van der Waals surface area contributed by atoms with Crippen LogP contribution in [0.15, 0.2) is 11.6 Å². The molecule has 7 nitrogen and oxygen atoms in total. The summed E-state index contributed by atoms with van der Waals surface area (Å²) in [4.78, 5) is 34.5. The number of carboxylic acid groups (broad SMARTS) is 1. The minimum Gasteiger partial charge on any atom is -0.478 e. The van der Waals surface area contributed by atoms with Crippen LogP contribution in [-0.4, -0.2) is 60.9 Å². The molecule has 1 amide bonds. The quantitative estimate of drug-likeness (QED) is 0.528. The molecule has 7 heteroatoms. The largest absolute Gasteiger partial charge is 0.478 e. The third-order valence-corrected chi connectivity index (χ3v) is 3.13. The number of nitrogens with zero attached hydrogens (tertiary/aromatic N) is 1. The normalized spacial score (nSPS) is 11.6. The van der Waals surface area contributed by atoms with Gasteiger partial charge in [0, 0.05) is 12.1 Å². The summed E-state index contributed by atoms with van der Waals surface area (Å²) in [6, 6.07) is -0.455. The van der Waals surface area contributed by atoms with Gasteiger partial charge in [-0.25, -0.2) is 4.79 Å². The second kappa shape index (κ2) is 22.0. The summed E-state index contributed by atoms with van der Waals surface area (Å²) in [6.45, 7) is 18.1. The van der Waals surface area contributed by atoms with Crippen LogP contribution in [0.4, 0.5) is 0 Å². The highest BCUT2D eigenvalue weighted by Crippen LogP contribution is 2.19. The van der Waals surface area contributed by atoms with E-state index in [-0.39, 0.29) is 23.7 Å². The maximum absolute atomic E-state index is 11.2. The number of amides is 1. The van der Waals surface area contributed by atoms with Gasteiger partial charge in [-0.2, -0.15) is 0 Å². The molecule has 1 atom stereocenters. The summed E-state index contributed by atoms with van der Waals surface area (Å²) in [5.41, 5.74) is 5.30. The van der Waals surface area contributed by atoms with E-state index < -0.39 is 12.0 Å². The van der Waals surface area contributed by atoms with Gasteiger partial charge >= 0.3 is 5.97 Å². The number of hydrogen-bond acceptors (Lipinski definition) is 5. The molecule has 4 N–H and O–H groups in total. The van der Waals surface area contributed by atoms with E-state index in [4.69, 9.17) is 10.8 Å². The van der Waals surface area contributed by atoms with E-state index in [2.05, 4.69) is 33.0 Å². The number of hydrogen-bond donors (Lipinski definition) is 3. The lowest BCUT2D eigenvalue weighted by Gasteiger charge is -2.29. The molecular weight excluding hydrogens is 382 g/mol. The van der Waals surface area contributed by atoms with Crippen molar-refractivity contribution in [3.05, 3.63) is 11.6 Å². The Morgan fingerprint density at radius 2 is 1.43 bits per heavy atom. The summed E-state index contributed by atoms with van der Waals surface area (Å²) < 4.78 is 0. The molecule has 0 aromatic carbocycles. The van der Waals surface area contributed by atoms with Crippen LogP contribution in [0.1, 0.15) is 81.6 Å². The highest BCUT2D eigenvalue weighted by Gasteiger charge is 2.29. The SMILES string of the molecule is C/C(=C\CCN(C)C)C(=O)O.CC(=O)C(NC(=O)CN)C(C)(C)C.CCC.CCC. The van der Waals surface area contributed by atoms with Crippen LogP contribution in [0.25, 0.3) is 0 Å². The molecule has 0 rings (SSSR count). The molecule has 0 saturated heterocycles. The Labute approximate surface area is 185 Å². The zero-order valence-corrected chi connectivity index (χ0v) is 21.4. The van der Waals surface area contributed by atoms with Crippen molar-refractivity contribution in [2.75, 3.05) is 27.2 Å². The minimum absolute atomic E-state index is 0.0469. The predicted octanol–water partition coefficient (Wildman–Crippen LogP) is 3.87. The summed E-state index contributed by atoms with van der Waals surface area (Å²) in [7, 11) is 3.92. The molecule has 0 aliphatic rings. The summed E-state index contributed by atoms with van der Waals surface area (Å²) in [6.07, 6.45) is 5.04. The van der Waals surface area contributed by atoms with E-state index in [0.29, 0.717) is 5.57 Å². The van der Waals surface area contributed by atoms with Crippen molar-refractivity contribution in [1.29, 1.82) is 0 Å². The number of aliphatic carboxylic acids is 1. The van der Waals surface area contributed by atoms with Gasteiger partial charge in [0.2, 0.25) is 5.91 Å². The van der Waals surface area contributed by atoms with Crippen LogP contribution in [0, 0.1) is 5.41 Å². The van der Waals surface area contributed by atoms with Gasteiger partial charge in [-0.05, 0) is 39.8 Å². The molecule has 0 radical (unpaired) electrons. The Kier molecular flexibility index (Phi) is 26.1. The monoisotopic (exact) mass is 431 g/mol. The fraction of sp³-hybridized carbons (Fsp3) is 0.783. The van der Waals surface area contributed by atoms with Gasteiger partial charge in [0.05, 0.1) is 12.6 Å². The Bertz CT molecular complexity index is 479. The first kappa shape index (κ1) is 35.7. The van der Waals surface area contributed by atoms with Crippen LogP contribution in [-0.2, 0) is 14.4 Å². The van der Waals surface area contributed by atoms with E-state index in [1.54, 1.807) is 13.0 Å². The lowest BCUT2D eigenvalue weighted by atomic mass is 9.84. The van der Waals surface area contributed by atoms with Crippen molar-refractivity contribution in [1.82, 2.24) is 10.2 Å². The fourth-order valence-electron chi connectivity index (χ4n) is 1.77. The Morgan fingerprint density at radius 1 is 1.03 bits per heavy atom. The van der Waals surface area contributed by atoms with Crippen molar-refractivity contribution in [2.24, 2.45) is 11.1 Å². The van der Waals surface area contributed by atoms with Crippen molar-refractivity contribution in [3.8, 4) is 0 Å². The van der Waals surface area contributed by atoms with Crippen molar-refractivity contribution in [3.63, 3.8) is 0 Å². The van der Waals surface area contributed by atoms with E-state index in [1.165, 1.54) is 19.8 Å². The van der Waals surface area contributed by atoms with Gasteiger partial charge < -0.3 is 21.1 Å². The average molecular weight is 432 g/mol. The van der Waals surface area contributed by atoms with Gasteiger partial charge in [0.1, 0.15) is 0 Å². The number of Topliss-reactive ketones (excluding diaryl/α,β-unsaturated/α-hetero) is 1. The number of nitrogens with two attached hydrogens (primary N) is 1. The molecule has 1 unspecified atom stereocenters. The second-order valence-electron chi connectivity index (χ2n) is 8.38. The zero-order chi connectivity index (χ0) is 24.9. The topological polar surface area (TPSA) is 113 Å². The van der Waals surface area contributed by atoms with E-state index in [9.17, 15) is 14.4 Å². The molecule has 0 aromatic heterocycles. The molecule has 30 heavy (non-hydrogen) atoms. The lowest BCUT2D eigenvalue weighted by molar-refractivity contribution is -0.132. The average Bonchev–Trinajstić information content (AvgIpc) is 2.59. The maximum atomic E-state index is 11.2. The number of carboxylic acids is 1. The standard InChI is InChI=1S/C9H18N2O2.C8H15NO2.2C3H8/c1-6(12)8(9(2,3)4)11-7(13)5-10;1-7(8(10)11)5-4-6-9(2)3;2*1-3-2/h8H,5,10H2,1-4H3,(H,11,13);5H,4,6H2,1-3H3,(H,10,11);2*3H2,1-2H3/b;7-5+;;. The van der Waals surface area contributed by atoms with E-state index in [1.807, 2.05) is 39.8 Å². The predicted molar refractivity (Wildman–Crippen MR) is 128 cm³/mol. The second-order valence-corrected chi connectivity index (χ2v) is 8.38. The van der Waals surface area contributed by atoms with Gasteiger partial charge in [-0.1, -0.05) is 67.4 Å². The van der Waals surface area contributed by atoms with Crippen LogP contribution < -0.4 is 11.1 Å². The molecule has 0 spiro atoms. The van der Waals surface area contributed by atoms with Crippen LogP contribution in [0.2, 0.25) is 0 Å². The van der Waals surface area contributed by atoms with Gasteiger partial charge in [0.25, 0.3) is 0 Å². The molecule has 0 aromatic rings. The summed E-state index contributed by atoms with van der Waals surface area (Å²) in [5.74, 6) is -1.17. The Morgan fingerprint density at radius 3 is 1.67 bits per heavy atom.